The number of benzene rings is 1. The summed E-state index contributed by atoms with van der Waals surface area (Å²) in [6, 6.07) is 5.14. The molecule has 0 spiro atoms. The minimum atomic E-state index is -0.518. The Labute approximate surface area is 132 Å². The molecule has 0 radical (unpaired) electrons. The molecule has 1 amide bonds. The van der Waals surface area contributed by atoms with E-state index in [4.69, 9.17) is 32.7 Å². The van der Waals surface area contributed by atoms with Crippen LogP contribution in [0.15, 0.2) is 24.4 Å². The Morgan fingerprint density at radius 1 is 1.33 bits per heavy atom. The van der Waals surface area contributed by atoms with E-state index in [1.807, 2.05) is 0 Å². The number of halogens is 2. The highest BCUT2D eigenvalue weighted by molar-refractivity contribution is 6.39. The van der Waals surface area contributed by atoms with Gasteiger partial charge in [-0.25, -0.2) is 0 Å². The number of fused-ring (bicyclic) bond motifs is 1. The van der Waals surface area contributed by atoms with Crippen LogP contribution in [0.25, 0.3) is 10.9 Å². The molecule has 112 valence electrons. The first-order chi connectivity index (χ1) is 10.1. The second-order valence-corrected chi connectivity index (χ2v) is 5.07. The SMILES string of the molecule is COC(CNC(=O)c1cnc2ccc(Cl)cc2c1Cl)OC. The van der Waals surface area contributed by atoms with E-state index in [0.29, 0.717) is 20.9 Å². The van der Waals surface area contributed by atoms with Gasteiger partial charge in [-0.05, 0) is 18.2 Å². The maximum absolute atomic E-state index is 12.2. The second kappa shape index (κ2) is 7.04. The van der Waals surface area contributed by atoms with Crippen molar-refractivity contribution < 1.29 is 14.3 Å². The summed E-state index contributed by atoms with van der Waals surface area (Å²) in [6.45, 7) is 0.204. The average molecular weight is 329 g/mol. The summed E-state index contributed by atoms with van der Waals surface area (Å²) in [5.74, 6) is -0.353. The molecule has 0 bridgehead atoms. The highest BCUT2D eigenvalue weighted by Crippen LogP contribution is 2.28. The summed E-state index contributed by atoms with van der Waals surface area (Å²) in [4.78, 5) is 16.4. The molecule has 0 unspecified atom stereocenters. The van der Waals surface area contributed by atoms with Gasteiger partial charge in [0.05, 0.1) is 22.6 Å². The first kappa shape index (κ1) is 16.0. The summed E-state index contributed by atoms with van der Waals surface area (Å²) in [6.07, 6.45) is 0.915. The molecule has 5 nitrogen and oxygen atoms in total. The van der Waals surface area contributed by atoms with E-state index in [1.54, 1.807) is 18.2 Å². The van der Waals surface area contributed by atoms with Gasteiger partial charge in [-0.1, -0.05) is 23.2 Å². The maximum atomic E-state index is 12.2. The van der Waals surface area contributed by atoms with Crippen molar-refractivity contribution in [3.8, 4) is 0 Å². The van der Waals surface area contributed by atoms with Gasteiger partial charge in [-0.3, -0.25) is 9.78 Å². The van der Waals surface area contributed by atoms with Crippen LogP contribution in [0.4, 0.5) is 0 Å². The van der Waals surface area contributed by atoms with Crippen LogP contribution >= 0.6 is 23.2 Å². The lowest BCUT2D eigenvalue weighted by Crippen LogP contribution is -2.34. The van der Waals surface area contributed by atoms with Crippen molar-refractivity contribution in [1.29, 1.82) is 0 Å². The zero-order valence-electron chi connectivity index (χ0n) is 11.5. The molecule has 0 saturated heterocycles. The lowest BCUT2D eigenvalue weighted by atomic mass is 10.1. The monoisotopic (exact) mass is 328 g/mol. The molecule has 0 fully saturated rings. The smallest absolute Gasteiger partial charge is 0.254 e. The van der Waals surface area contributed by atoms with Crippen molar-refractivity contribution in [2.45, 2.75) is 6.29 Å². The van der Waals surface area contributed by atoms with Gasteiger partial charge in [0.2, 0.25) is 0 Å². The van der Waals surface area contributed by atoms with Gasteiger partial charge in [-0.2, -0.15) is 0 Å². The lowest BCUT2D eigenvalue weighted by Gasteiger charge is -2.14. The van der Waals surface area contributed by atoms with Crippen molar-refractivity contribution >= 4 is 40.0 Å². The molecule has 0 atom stereocenters. The Morgan fingerprint density at radius 3 is 2.71 bits per heavy atom. The molecule has 0 saturated carbocycles. The molecular weight excluding hydrogens is 315 g/mol. The minimum Gasteiger partial charge on any atom is -0.354 e. The predicted molar refractivity (Wildman–Crippen MR) is 81.9 cm³/mol. The van der Waals surface area contributed by atoms with Crippen LogP contribution in [0.2, 0.25) is 10.0 Å². The minimum absolute atomic E-state index is 0.204. The quantitative estimate of drug-likeness (QED) is 0.857. The Hall–Kier alpha value is -1.40. The number of hydrogen-bond acceptors (Lipinski definition) is 4. The molecule has 0 aliphatic rings. The number of rotatable bonds is 5. The third kappa shape index (κ3) is 3.63. The molecule has 2 aromatic rings. The van der Waals surface area contributed by atoms with Crippen molar-refractivity contribution in [2.75, 3.05) is 20.8 Å². The van der Waals surface area contributed by atoms with Gasteiger partial charge in [0.1, 0.15) is 0 Å². The van der Waals surface area contributed by atoms with Crippen molar-refractivity contribution in [3.05, 3.63) is 40.0 Å². The Kier molecular flexibility index (Phi) is 5.36. The number of methoxy groups -OCH3 is 2. The summed E-state index contributed by atoms with van der Waals surface area (Å²) < 4.78 is 10.00. The van der Waals surface area contributed by atoms with Crippen molar-refractivity contribution in [1.82, 2.24) is 10.3 Å². The summed E-state index contributed by atoms with van der Waals surface area (Å²) in [7, 11) is 2.99. The van der Waals surface area contributed by atoms with Crippen LogP contribution in [0, 0.1) is 0 Å². The first-order valence-corrected chi connectivity index (χ1v) is 6.90. The van der Waals surface area contributed by atoms with Crippen molar-refractivity contribution in [3.63, 3.8) is 0 Å². The van der Waals surface area contributed by atoms with Gasteiger partial charge in [0.25, 0.3) is 5.91 Å². The van der Waals surface area contributed by atoms with Crippen LogP contribution in [0.5, 0.6) is 0 Å². The highest BCUT2D eigenvalue weighted by atomic mass is 35.5. The number of hydrogen-bond donors (Lipinski definition) is 1. The van der Waals surface area contributed by atoms with Crippen LogP contribution in [-0.2, 0) is 9.47 Å². The molecule has 7 heteroatoms. The maximum Gasteiger partial charge on any atom is 0.254 e. The number of amides is 1. The van der Waals surface area contributed by atoms with Crippen molar-refractivity contribution in [2.24, 2.45) is 0 Å². The van der Waals surface area contributed by atoms with Gasteiger partial charge in [0.15, 0.2) is 6.29 Å². The molecule has 21 heavy (non-hydrogen) atoms. The number of pyridine rings is 1. The first-order valence-electron chi connectivity index (χ1n) is 6.14. The fourth-order valence-corrected chi connectivity index (χ4v) is 2.28. The molecule has 1 heterocycles. The molecule has 0 aliphatic carbocycles. The number of aromatic nitrogens is 1. The van der Waals surface area contributed by atoms with E-state index in [1.165, 1.54) is 20.4 Å². The second-order valence-electron chi connectivity index (χ2n) is 4.26. The fourth-order valence-electron chi connectivity index (χ4n) is 1.82. The van der Waals surface area contributed by atoms with Crippen LogP contribution in [-0.4, -0.2) is 37.9 Å². The van der Waals surface area contributed by atoms with Gasteiger partial charge in [-0.15, -0.1) is 0 Å². The number of carbonyl (C=O) groups excluding carboxylic acids is 1. The summed E-state index contributed by atoms with van der Waals surface area (Å²) in [5, 5.41) is 4.15. The highest BCUT2D eigenvalue weighted by Gasteiger charge is 2.15. The third-order valence-corrected chi connectivity index (χ3v) is 3.61. The number of carbonyl (C=O) groups is 1. The van der Waals surface area contributed by atoms with E-state index in [2.05, 4.69) is 10.3 Å². The van der Waals surface area contributed by atoms with Gasteiger partial charge in [0, 0.05) is 30.8 Å². The summed E-state index contributed by atoms with van der Waals surface area (Å²) in [5.41, 5.74) is 0.949. The van der Waals surface area contributed by atoms with Gasteiger partial charge < -0.3 is 14.8 Å². The predicted octanol–water partition coefficient (Wildman–Crippen LogP) is 2.89. The number of nitrogens with one attached hydrogen (secondary N) is 1. The molecular formula is C14H14Cl2N2O3. The molecule has 1 aromatic heterocycles. The van der Waals surface area contributed by atoms with Crippen LogP contribution in [0.3, 0.4) is 0 Å². The topological polar surface area (TPSA) is 60.5 Å². The number of nitrogens with zero attached hydrogens (tertiary/aromatic N) is 1. The molecule has 1 N–H and O–H groups in total. The fraction of sp³-hybridized carbons (Fsp3) is 0.286. The zero-order valence-corrected chi connectivity index (χ0v) is 13.0. The van der Waals surface area contributed by atoms with E-state index >= 15 is 0 Å². The average Bonchev–Trinajstić information content (AvgIpc) is 2.49. The van der Waals surface area contributed by atoms with Gasteiger partial charge >= 0.3 is 0 Å². The Morgan fingerprint density at radius 2 is 2.05 bits per heavy atom. The zero-order chi connectivity index (χ0) is 15.4. The van der Waals surface area contributed by atoms with E-state index in [0.717, 1.165) is 0 Å². The Bertz CT molecular complexity index is 660. The standard InChI is InChI=1S/C14H14Cl2N2O3/c1-20-12(21-2)7-18-14(19)10-6-17-11-4-3-8(15)5-9(11)13(10)16/h3-6,12H,7H2,1-2H3,(H,18,19). The van der Waals surface area contributed by atoms with E-state index < -0.39 is 6.29 Å². The number of ether oxygens (including phenoxy) is 2. The van der Waals surface area contributed by atoms with Crippen LogP contribution in [0.1, 0.15) is 10.4 Å². The van der Waals surface area contributed by atoms with Crippen LogP contribution < -0.4 is 5.32 Å². The lowest BCUT2D eigenvalue weighted by molar-refractivity contribution is -0.0974. The van der Waals surface area contributed by atoms with E-state index in [9.17, 15) is 4.79 Å². The molecule has 1 aromatic carbocycles. The molecule has 0 aliphatic heterocycles. The van der Waals surface area contributed by atoms with E-state index in [-0.39, 0.29) is 18.0 Å². The Balaban J connectivity index is 2.25. The normalized spacial score (nSPS) is 11.1. The summed E-state index contributed by atoms with van der Waals surface area (Å²) >= 11 is 12.2. The third-order valence-electron chi connectivity index (χ3n) is 2.96. The molecule has 2 rings (SSSR count). The largest absolute Gasteiger partial charge is 0.354 e.